The van der Waals surface area contributed by atoms with Crippen molar-refractivity contribution in [2.75, 3.05) is 27.3 Å². The summed E-state index contributed by atoms with van der Waals surface area (Å²) in [6, 6.07) is 9.37. The quantitative estimate of drug-likeness (QED) is 0.311. The van der Waals surface area contributed by atoms with Crippen molar-refractivity contribution in [1.29, 1.82) is 0 Å². The van der Waals surface area contributed by atoms with Crippen LogP contribution in [0.25, 0.3) is 0 Å². The largest absolute Gasteiger partial charge is 0.496 e. The highest BCUT2D eigenvalue weighted by Crippen LogP contribution is 2.29. The molecule has 0 saturated carbocycles. The summed E-state index contributed by atoms with van der Waals surface area (Å²) in [5, 5.41) is 3.55. The molecule has 2 fully saturated rings. The summed E-state index contributed by atoms with van der Waals surface area (Å²) in [5.41, 5.74) is 1.81. The van der Waals surface area contributed by atoms with E-state index in [1.807, 2.05) is 0 Å². The number of ether oxygens (including phenoxy) is 4. The molecule has 5 nitrogen and oxygen atoms in total. The summed E-state index contributed by atoms with van der Waals surface area (Å²) >= 11 is 0. The van der Waals surface area contributed by atoms with E-state index in [2.05, 4.69) is 5.32 Å². The second kappa shape index (κ2) is 14.1. The van der Waals surface area contributed by atoms with Gasteiger partial charge in [0.25, 0.3) is 0 Å². The fourth-order valence-electron chi connectivity index (χ4n) is 5.58. The molecule has 1 N–H and O–H groups in total. The van der Waals surface area contributed by atoms with Crippen molar-refractivity contribution in [3.8, 4) is 11.5 Å². The number of hydrogen-bond acceptors (Lipinski definition) is 5. The zero-order chi connectivity index (χ0) is 26.0. The minimum absolute atomic E-state index is 0.227. The number of halogens is 2. The molecule has 2 heterocycles. The average molecular weight is 518 g/mol. The van der Waals surface area contributed by atoms with Gasteiger partial charge in [0, 0.05) is 0 Å². The number of methoxy groups -OCH3 is 2. The van der Waals surface area contributed by atoms with Gasteiger partial charge in [-0.15, -0.1) is 0 Å². The standard InChI is InChI=1S/C30H41F2NO4/c1-34-29-13-5-23(31)19-21(29)3-7-25-9-11-27(36-25)15-17-33-18-16-28-12-10-26(37-28)8-4-22-20-24(32)6-14-30(22)35-2/h5-6,13-14,19-20,25-28,33H,3-4,7-12,15-18H2,1-2H3/t25-,26+,27-,28+. The van der Waals surface area contributed by atoms with E-state index < -0.39 is 0 Å². The summed E-state index contributed by atoms with van der Waals surface area (Å²) in [7, 11) is 3.24. The first kappa shape index (κ1) is 27.8. The van der Waals surface area contributed by atoms with Crippen LogP contribution in [0.1, 0.15) is 62.5 Å². The van der Waals surface area contributed by atoms with Crippen molar-refractivity contribution in [2.24, 2.45) is 0 Å². The van der Waals surface area contributed by atoms with Crippen molar-refractivity contribution in [2.45, 2.75) is 88.6 Å². The Morgan fingerprint density at radius 3 is 1.49 bits per heavy atom. The summed E-state index contributed by atoms with van der Waals surface area (Å²) in [6.45, 7) is 1.87. The Balaban J connectivity index is 1.06. The van der Waals surface area contributed by atoms with Crippen LogP contribution in [-0.4, -0.2) is 51.7 Å². The lowest BCUT2D eigenvalue weighted by atomic mass is 10.0. The molecule has 0 aliphatic carbocycles. The highest BCUT2D eigenvalue weighted by atomic mass is 19.1. The van der Waals surface area contributed by atoms with E-state index in [1.165, 1.54) is 12.1 Å². The number of benzene rings is 2. The fraction of sp³-hybridized carbons (Fsp3) is 0.600. The topological polar surface area (TPSA) is 49.0 Å². The van der Waals surface area contributed by atoms with Crippen LogP contribution in [0.4, 0.5) is 8.78 Å². The maximum atomic E-state index is 13.6. The lowest BCUT2D eigenvalue weighted by molar-refractivity contribution is 0.0331. The Morgan fingerprint density at radius 1 is 0.676 bits per heavy atom. The molecular weight excluding hydrogens is 476 g/mol. The second-order valence-corrected chi connectivity index (χ2v) is 10.2. The summed E-state index contributed by atoms with van der Waals surface area (Å²) in [6.07, 6.45) is 10.6. The van der Waals surface area contributed by atoms with Crippen LogP contribution in [0, 0.1) is 11.6 Å². The first-order chi connectivity index (χ1) is 18.0. The summed E-state index contributed by atoms with van der Waals surface area (Å²) in [4.78, 5) is 0. The van der Waals surface area contributed by atoms with E-state index >= 15 is 0 Å². The van der Waals surface area contributed by atoms with Gasteiger partial charge in [-0.3, -0.25) is 0 Å². The smallest absolute Gasteiger partial charge is 0.123 e. The van der Waals surface area contributed by atoms with Crippen LogP contribution < -0.4 is 14.8 Å². The van der Waals surface area contributed by atoms with Crippen LogP contribution >= 0.6 is 0 Å². The van der Waals surface area contributed by atoms with Crippen LogP contribution in [-0.2, 0) is 22.3 Å². The molecule has 0 bridgehead atoms. The Bertz CT molecular complexity index is 911. The van der Waals surface area contributed by atoms with Crippen molar-refractivity contribution >= 4 is 0 Å². The zero-order valence-corrected chi connectivity index (χ0v) is 22.1. The van der Waals surface area contributed by atoms with Crippen molar-refractivity contribution in [1.82, 2.24) is 5.32 Å². The molecule has 0 unspecified atom stereocenters. The molecule has 0 spiro atoms. The van der Waals surface area contributed by atoms with Crippen molar-refractivity contribution < 1.29 is 27.7 Å². The average Bonchev–Trinajstić information content (AvgIpc) is 3.55. The molecule has 4 rings (SSSR count). The molecule has 0 radical (unpaired) electrons. The maximum Gasteiger partial charge on any atom is 0.123 e. The van der Waals surface area contributed by atoms with Crippen LogP contribution in [0.2, 0.25) is 0 Å². The predicted molar refractivity (Wildman–Crippen MR) is 140 cm³/mol. The molecule has 0 amide bonds. The van der Waals surface area contributed by atoms with Crippen molar-refractivity contribution in [3.05, 3.63) is 59.2 Å². The lowest BCUT2D eigenvalue weighted by Crippen LogP contribution is -2.25. The minimum atomic E-state index is -0.227. The molecular formula is C30H41F2NO4. The van der Waals surface area contributed by atoms with Gasteiger partial charge in [0.15, 0.2) is 0 Å². The van der Waals surface area contributed by atoms with Gasteiger partial charge in [-0.1, -0.05) is 0 Å². The van der Waals surface area contributed by atoms with Gasteiger partial charge >= 0.3 is 0 Å². The van der Waals surface area contributed by atoms with Gasteiger partial charge in [-0.05, 0) is 125 Å². The molecule has 2 aliphatic rings. The molecule has 2 aliphatic heterocycles. The molecule has 204 valence electrons. The van der Waals surface area contributed by atoms with Gasteiger partial charge in [-0.2, -0.15) is 0 Å². The molecule has 4 atom stereocenters. The normalized spacial score (nSPS) is 23.5. The molecule has 2 aromatic rings. The van der Waals surface area contributed by atoms with Crippen LogP contribution in [0.15, 0.2) is 36.4 Å². The first-order valence-corrected chi connectivity index (χ1v) is 13.7. The predicted octanol–water partition coefficient (Wildman–Crippen LogP) is 6.01. The van der Waals surface area contributed by atoms with E-state index in [9.17, 15) is 8.78 Å². The van der Waals surface area contributed by atoms with E-state index in [4.69, 9.17) is 18.9 Å². The molecule has 2 saturated heterocycles. The molecule has 2 aromatic carbocycles. The Labute approximate surface area is 219 Å². The van der Waals surface area contributed by atoms with Gasteiger partial charge in [0.1, 0.15) is 23.1 Å². The van der Waals surface area contributed by atoms with E-state index in [0.29, 0.717) is 12.2 Å². The van der Waals surface area contributed by atoms with Gasteiger partial charge in [0.05, 0.1) is 38.6 Å². The molecule has 7 heteroatoms. The molecule has 37 heavy (non-hydrogen) atoms. The number of hydrogen-bond donors (Lipinski definition) is 1. The third-order valence-corrected chi connectivity index (χ3v) is 7.63. The fourth-order valence-corrected chi connectivity index (χ4v) is 5.58. The van der Waals surface area contributed by atoms with Gasteiger partial charge < -0.3 is 24.3 Å². The van der Waals surface area contributed by atoms with E-state index in [-0.39, 0.29) is 23.8 Å². The molecule has 0 aromatic heterocycles. The lowest BCUT2D eigenvalue weighted by Gasteiger charge is -2.16. The van der Waals surface area contributed by atoms with Crippen LogP contribution in [0.3, 0.4) is 0 Å². The Hall–Kier alpha value is -2.22. The monoisotopic (exact) mass is 517 g/mol. The van der Waals surface area contributed by atoms with Crippen molar-refractivity contribution in [3.63, 3.8) is 0 Å². The minimum Gasteiger partial charge on any atom is -0.496 e. The zero-order valence-electron chi connectivity index (χ0n) is 22.1. The number of rotatable bonds is 14. The first-order valence-electron chi connectivity index (χ1n) is 13.7. The highest BCUT2D eigenvalue weighted by molar-refractivity contribution is 5.34. The summed E-state index contributed by atoms with van der Waals surface area (Å²) < 4.78 is 50.4. The Morgan fingerprint density at radius 2 is 1.08 bits per heavy atom. The van der Waals surface area contributed by atoms with Crippen LogP contribution in [0.5, 0.6) is 11.5 Å². The highest BCUT2D eigenvalue weighted by Gasteiger charge is 2.26. The maximum absolute atomic E-state index is 13.6. The SMILES string of the molecule is COc1ccc(F)cc1CC[C@@H]1CC[C@H](CCNCC[C@@H]2CC[C@H](CCc3cc(F)ccc3OC)O2)O1. The summed E-state index contributed by atoms with van der Waals surface area (Å²) in [5.74, 6) is 1.03. The van der Waals surface area contributed by atoms with Gasteiger partial charge in [-0.25, -0.2) is 8.78 Å². The van der Waals surface area contributed by atoms with E-state index in [0.717, 1.165) is 99.9 Å². The van der Waals surface area contributed by atoms with Gasteiger partial charge in [0.2, 0.25) is 0 Å². The third-order valence-electron chi connectivity index (χ3n) is 7.63. The third kappa shape index (κ3) is 8.39. The number of nitrogens with one attached hydrogen (secondary N) is 1. The number of aryl methyl sites for hydroxylation is 2. The van der Waals surface area contributed by atoms with E-state index in [1.54, 1.807) is 38.5 Å². The second-order valence-electron chi connectivity index (χ2n) is 10.2. The Kier molecular flexibility index (Phi) is 10.6.